The van der Waals surface area contributed by atoms with Gasteiger partial charge in [-0.05, 0) is 55.0 Å². The molecule has 7 heteroatoms. The molecule has 0 saturated carbocycles. The molecule has 1 heterocycles. The third-order valence-electron chi connectivity index (χ3n) is 4.93. The lowest BCUT2D eigenvalue weighted by molar-refractivity contribution is -0.120. The van der Waals surface area contributed by atoms with Crippen LogP contribution in [0.2, 0.25) is 10.0 Å². The molecule has 1 N–H and O–H groups in total. The predicted octanol–water partition coefficient (Wildman–Crippen LogP) is 5.71. The first-order valence-corrected chi connectivity index (χ1v) is 10.2. The van der Waals surface area contributed by atoms with E-state index >= 15 is 0 Å². The summed E-state index contributed by atoms with van der Waals surface area (Å²) in [6, 6.07) is 19.0. The number of benzene rings is 3. The molecule has 4 rings (SSSR count). The molecule has 0 spiro atoms. The molecule has 0 aromatic heterocycles. The maximum Gasteiger partial charge on any atom is 0.282 e. The minimum atomic E-state index is -0.453. The van der Waals surface area contributed by atoms with Gasteiger partial charge in [0.15, 0.2) is 0 Å². The number of carbonyl (C=O) groups is 2. The van der Waals surface area contributed by atoms with Crippen molar-refractivity contribution >= 4 is 52.0 Å². The second-order valence-electron chi connectivity index (χ2n) is 7.01. The van der Waals surface area contributed by atoms with Crippen molar-refractivity contribution in [3.05, 3.63) is 93.6 Å². The van der Waals surface area contributed by atoms with E-state index < -0.39 is 11.8 Å². The molecule has 3 aromatic carbocycles. The molecule has 1 aliphatic rings. The van der Waals surface area contributed by atoms with Gasteiger partial charge in [-0.15, -0.1) is 0 Å². The van der Waals surface area contributed by atoms with Gasteiger partial charge >= 0.3 is 0 Å². The molecule has 156 valence electrons. The van der Waals surface area contributed by atoms with Crippen LogP contribution in [0.4, 0.5) is 11.4 Å². The maximum absolute atomic E-state index is 13.4. The van der Waals surface area contributed by atoms with Crippen molar-refractivity contribution in [2.45, 2.75) is 6.92 Å². The summed E-state index contributed by atoms with van der Waals surface area (Å²) in [4.78, 5) is 27.9. The largest absolute Gasteiger partial charge is 0.495 e. The fourth-order valence-electron chi connectivity index (χ4n) is 3.35. The van der Waals surface area contributed by atoms with Crippen LogP contribution in [-0.4, -0.2) is 18.9 Å². The first-order chi connectivity index (χ1) is 14.9. The Kier molecular flexibility index (Phi) is 5.72. The first-order valence-electron chi connectivity index (χ1n) is 9.45. The van der Waals surface area contributed by atoms with Crippen molar-refractivity contribution in [2.24, 2.45) is 0 Å². The number of amides is 2. The number of rotatable bonds is 5. The number of nitrogens with zero attached hydrogens (tertiary/aromatic N) is 1. The van der Waals surface area contributed by atoms with Crippen molar-refractivity contribution in [3.8, 4) is 5.75 Å². The van der Waals surface area contributed by atoms with Crippen molar-refractivity contribution in [3.63, 3.8) is 0 Å². The maximum atomic E-state index is 13.4. The normalized spacial score (nSPS) is 13.7. The fourth-order valence-corrected chi connectivity index (χ4v) is 3.73. The van der Waals surface area contributed by atoms with E-state index in [4.69, 9.17) is 27.9 Å². The topological polar surface area (TPSA) is 58.6 Å². The van der Waals surface area contributed by atoms with Crippen molar-refractivity contribution in [1.29, 1.82) is 0 Å². The Hall–Kier alpha value is -3.28. The Balaban J connectivity index is 1.80. The van der Waals surface area contributed by atoms with E-state index in [1.54, 1.807) is 54.6 Å². The third kappa shape index (κ3) is 4.02. The highest BCUT2D eigenvalue weighted by Gasteiger charge is 2.40. The monoisotopic (exact) mass is 452 g/mol. The number of halogens is 2. The van der Waals surface area contributed by atoms with Crippen molar-refractivity contribution in [1.82, 2.24) is 0 Å². The van der Waals surface area contributed by atoms with E-state index in [9.17, 15) is 9.59 Å². The molecule has 0 bridgehead atoms. The van der Waals surface area contributed by atoms with E-state index in [1.165, 1.54) is 7.11 Å². The van der Waals surface area contributed by atoms with Crippen LogP contribution < -0.4 is 15.0 Å². The smallest absolute Gasteiger partial charge is 0.282 e. The van der Waals surface area contributed by atoms with Gasteiger partial charge < -0.3 is 10.1 Å². The van der Waals surface area contributed by atoms with Crippen LogP contribution in [0.25, 0.3) is 5.57 Å². The van der Waals surface area contributed by atoms with Gasteiger partial charge in [0, 0.05) is 10.7 Å². The van der Waals surface area contributed by atoms with Crippen LogP contribution in [0.15, 0.2) is 72.4 Å². The average molecular weight is 453 g/mol. The highest BCUT2D eigenvalue weighted by Crippen LogP contribution is 2.35. The predicted molar refractivity (Wildman–Crippen MR) is 124 cm³/mol. The molecular weight excluding hydrogens is 435 g/mol. The van der Waals surface area contributed by atoms with Gasteiger partial charge in [-0.2, -0.15) is 0 Å². The molecule has 0 radical (unpaired) electrons. The Morgan fingerprint density at radius 1 is 0.871 bits per heavy atom. The molecule has 2 amide bonds. The van der Waals surface area contributed by atoms with E-state index in [0.29, 0.717) is 32.7 Å². The van der Waals surface area contributed by atoms with E-state index in [0.717, 1.165) is 10.5 Å². The van der Waals surface area contributed by atoms with Crippen LogP contribution in [0.3, 0.4) is 0 Å². The molecule has 3 aromatic rings. The Labute approximate surface area is 189 Å². The number of hydrogen-bond donors (Lipinski definition) is 1. The standard InChI is InChI=1S/C24H18Cl2N2O3/c1-14-3-10-18(11-4-14)28-23(29)21(15-5-7-16(25)8-6-15)22(24(28)30)27-17-9-12-20(31-2)19(26)13-17/h3-13,27H,1-2H3. The summed E-state index contributed by atoms with van der Waals surface area (Å²) in [6.07, 6.45) is 0. The van der Waals surface area contributed by atoms with Crippen LogP contribution in [0.5, 0.6) is 5.75 Å². The summed E-state index contributed by atoms with van der Waals surface area (Å²) < 4.78 is 5.18. The van der Waals surface area contributed by atoms with Gasteiger partial charge in [-0.3, -0.25) is 9.59 Å². The summed E-state index contributed by atoms with van der Waals surface area (Å²) in [7, 11) is 1.52. The van der Waals surface area contributed by atoms with E-state index in [1.807, 2.05) is 19.1 Å². The Morgan fingerprint density at radius 3 is 2.16 bits per heavy atom. The fraction of sp³-hybridized carbons (Fsp3) is 0.0833. The highest BCUT2D eigenvalue weighted by molar-refractivity contribution is 6.46. The number of ether oxygens (including phenoxy) is 1. The number of imide groups is 1. The number of carbonyl (C=O) groups excluding carboxylic acids is 2. The minimum Gasteiger partial charge on any atom is -0.495 e. The summed E-state index contributed by atoms with van der Waals surface area (Å²) in [6.45, 7) is 1.94. The molecule has 0 saturated heterocycles. The summed E-state index contributed by atoms with van der Waals surface area (Å²) >= 11 is 12.2. The second-order valence-corrected chi connectivity index (χ2v) is 7.86. The zero-order valence-corrected chi connectivity index (χ0v) is 18.3. The zero-order chi connectivity index (χ0) is 22.1. The van der Waals surface area contributed by atoms with Crippen molar-refractivity contribution < 1.29 is 14.3 Å². The number of hydrogen-bond acceptors (Lipinski definition) is 4. The van der Waals surface area contributed by atoms with Crippen LogP contribution in [0, 0.1) is 6.92 Å². The lowest BCUT2D eigenvalue weighted by Gasteiger charge is -2.15. The summed E-state index contributed by atoms with van der Waals surface area (Å²) in [5.41, 5.74) is 3.08. The van der Waals surface area contributed by atoms with Gasteiger partial charge in [-0.1, -0.05) is 53.0 Å². The minimum absolute atomic E-state index is 0.161. The van der Waals surface area contributed by atoms with Gasteiger partial charge in [0.25, 0.3) is 11.8 Å². The molecule has 0 aliphatic carbocycles. The van der Waals surface area contributed by atoms with Crippen molar-refractivity contribution in [2.75, 3.05) is 17.3 Å². The molecule has 1 aliphatic heterocycles. The van der Waals surface area contributed by atoms with Crippen LogP contribution in [0.1, 0.15) is 11.1 Å². The second kappa shape index (κ2) is 8.46. The van der Waals surface area contributed by atoms with Crippen LogP contribution >= 0.6 is 23.2 Å². The van der Waals surface area contributed by atoms with Gasteiger partial charge in [0.1, 0.15) is 11.4 Å². The average Bonchev–Trinajstić information content (AvgIpc) is 2.99. The zero-order valence-electron chi connectivity index (χ0n) is 16.8. The Bertz CT molecular complexity index is 1200. The molecular formula is C24H18Cl2N2O3. The van der Waals surface area contributed by atoms with E-state index in [2.05, 4.69) is 5.32 Å². The Morgan fingerprint density at radius 2 is 1.55 bits per heavy atom. The molecule has 0 atom stereocenters. The molecule has 0 unspecified atom stereocenters. The highest BCUT2D eigenvalue weighted by atomic mass is 35.5. The third-order valence-corrected chi connectivity index (χ3v) is 5.48. The van der Waals surface area contributed by atoms with Gasteiger partial charge in [0.2, 0.25) is 0 Å². The summed E-state index contributed by atoms with van der Waals surface area (Å²) in [5.74, 6) is -0.363. The quantitative estimate of drug-likeness (QED) is 0.503. The van der Waals surface area contributed by atoms with Crippen LogP contribution in [-0.2, 0) is 9.59 Å². The lowest BCUT2D eigenvalue weighted by Crippen LogP contribution is -2.32. The first kappa shape index (κ1) is 21.0. The summed E-state index contributed by atoms with van der Waals surface area (Å²) in [5, 5.41) is 4.00. The molecule has 5 nitrogen and oxygen atoms in total. The number of aryl methyl sites for hydroxylation is 1. The lowest BCUT2D eigenvalue weighted by atomic mass is 10.0. The molecule has 31 heavy (non-hydrogen) atoms. The molecule has 0 fully saturated rings. The number of methoxy groups -OCH3 is 1. The number of nitrogens with one attached hydrogen (secondary N) is 1. The van der Waals surface area contributed by atoms with Gasteiger partial charge in [0.05, 0.1) is 23.4 Å². The number of anilines is 2. The SMILES string of the molecule is COc1ccc(NC2=C(c3ccc(Cl)cc3)C(=O)N(c3ccc(C)cc3)C2=O)cc1Cl. The van der Waals surface area contributed by atoms with Gasteiger partial charge in [-0.25, -0.2) is 4.90 Å². The van der Waals surface area contributed by atoms with E-state index in [-0.39, 0.29) is 11.3 Å².